The minimum absolute atomic E-state index is 0.00253. The number of nitrogens with zero attached hydrogens (tertiary/aromatic N) is 1. The number of methoxy groups -OCH3 is 1. The van der Waals surface area contributed by atoms with Gasteiger partial charge in [-0.05, 0) is 34.9 Å². The van der Waals surface area contributed by atoms with E-state index in [1.165, 1.54) is 7.11 Å². The van der Waals surface area contributed by atoms with Gasteiger partial charge in [0, 0.05) is 0 Å². The van der Waals surface area contributed by atoms with E-state index >= 15 is 0 Å². The molecule has 4 N–H and O–H groups in total. The molecule has 0 radical (unpaired) electrons. The SMILES string of the molecule is COc1c(C(=O)N[C@H](CO)c2ccccc2)ccc2[nH]nc(C=Cc3ccc(CO)cc3)c12. The van der Waals surface area contributed by atoms with E-state index in [1.807, 2.05) is 66.7 Å². The Kier molecular flexibility index (Phi) is 6.83. The maximum atomic E-state index is 13.1. The molecule has 0 aliphatic carbocycles. The topological polar surface area (TPSA) is 107 Å². The summed E-state index contributed by atoms with van der Waals surface area (Å²) in [4.78, 5) is 13.1. The van der Waals surface area contributed by atoms with Gasteiger partial charge in [0.05, 0.1) is 48.5 Å². The lowest BCUT2D eigenvalue weighted by Crippen LogP contribution is -2.31. The number of amides is 1. The Morgan fingerprint density at radius 1 is 1.06 bits per heavy atom. The van der Waals surface area contributed by atoms with Gasteiger partial charge >= 0.3 is 0 Å². The van der Waals surface area contributed by atoms with Crippen molar-refractivity contribution in [3.63, 3.8) is 0 Å². The highest BCUT2D eigenvalue weighted by molar-refractivity contribution is 6.05. The van der Waals surface area contributed by atoms with Crippen molar-refractivity contribution in [3.05, 3.63) is 94.7 Å². The smallest absolute Gasteiger partial charge is 0.255 e. The number of aliphatic hydroxyl groups is 2. The number of carbonyl (C=O) groups is 1. The molecule has 0 aliphatic heterocycles. The maximum absolute atomic E-state index is 13.1. The predicted octanol–water partition coefficient (Wildman–Crippen LogP) is 3.70. The summed E-state index contributed by atoms with van der Waals surface area (Å²) in [7, 11) is 1.51. The summed E-state index contributed by atoms with van der Waals surface area (Å²) in [5.41, 5.74) is 4.32. The molecule has 4 rings (SSSR count). The fourth-order valence-corrected chi connectivity index (χ4v) is 3.68. The molecule has 0 saturated heterocycles. The van der Waals surface area contributed by atoms with E-state index in [2.05, 4.69) is 15.5 Å². The Labute approximate surface area is 191 Å². The van der Waals surface area contributed by atoms with Gasteiger partial charge in [-0.1, -0.05) is 60.7 Å². The third-order valence-electron chi connectivity index (χ3n) is 5.45. The molecule has 7 heteroatoms. The Bertz CT molecular complexity index is 1260. The first-order valence-corrected chi connectivity index (χ1v) is 10.5. The van der Waals surface area contributed by atoms with Gasteiger partial charge in [0.1, 0.15) is 5.75 Å². The van der Waals surface area contributed by atoms with Crippen LogP contribution in [-0.4, -0.2) is 40.0 Å². The van der Waals surface area contributed by atoms with Gasteiger partial charge in [-0.3, -0.25) is 9.89 Å². The van der Waals surface area contributed by atoms with Crippen LogP contribution in [0.5, 0.6) is 5.75 Å². The Hall–Kier alpha value is -3.94. The first-order chi connectivity index (χ1) is 16.1. The van der Waals surface area contributed by atoms with Crippen LogP contribution in [0.25, 0.3) is 23.1 Å². The second-order valence-electron chi connectivity index (χ2n) is 7.53. The molecule has 0 spiro atoms. The fraction of sp³-hybridized carbons (Fsp3) is 0.154. The lowest BCUT2D eigenvalue weighted by atomic mass is 10.0. The molecule has 7 nitrogen and oxygen atoms in total. The maximum Gasteiger partial charge on any atom is 0.255 e. The van der Waals surface area contributed by atoms with Crippen LogP contribution in [0.1, 0.15) is 38.8 Å². The summed E-state index contributed by atoms with van der Waals surface area (Å²) >= 11 is 0. The van der Waals surface area contributed by atoms with Crippen molar-refractivity contribution in [2.24, 2.45) is 0 Å². The molecule has 3 aromatic carbocycles. The second-order valence-corrected chi connectivity index (χ2v) is 7.53. The van der Waals surface area contributed by atoms with Crippen LogP contribution in [0.15, 0.2) is 66.7 Å². The number of fused-ring (bicyclic) bond motifs is 1. The zero-order valence-corrected chi connectivity index (χ0v) is 18.2. The van der Waals surface area contributed by atoms with Crippen molar-refractivity contribution < 1.29 is 19.7 Å². The van der Waals surface area contributed by atoms with Crippen LogP contribution >= 0.6 is 0 Å². The molecule has 0 bridgehead atoms. The third-order valence-corrected chi connectivity index (χ3v) is 5.45. The van der Waals surface area contributed by atoms with Crippen molar-refractivity contribution >= 4 is 29.0 Å². The van der Waals surface area contributed by atoms with Crippen LogP contribution in [0.4, 0.5) is 0 Å². The van der Waals surface area contributed by atoms with Crippen molar-refractivity contribution in [1.29, 1.82) is 0 Å². The highest BCUT2D eigenvalue weighted by Gasteiger charge is 2.21. The molecule has 1 atom stereocenters. The highest BCUT2D eigenvalue weighted by atomic mass is 16.5. The number of carbonyl (C=O) groups excluding carboxylic acids is 1. The lowest BCUT2D eigenvalue weighted by Gasteiger charge is -2.18. The number of benzene rings is 3. The Balaban J connectivity index is 1.65. The minimum Gasteiger partial charge on any atom is -0.495 e. The number of hydrogen-bond donors (Lipinski definition) is 4. The van der Waals surface area contributed by atoms with Crippen LogP contribution in [-0.2, 0) is 6.61 Å². The first-order valence-electron chi connectivity index (χ1n) is 10.5. The van der Waals surface area contributed by atoms with E-state index in [9.17, 15) is 15.0 Å². The van der Waals surface area contributed by atoms with Gasteiger partial charge in [0.2, 0.25) is 0 Å². The number of aliphatic hydroxyl groups excluding tert-OH is 2. The molecule has 1 aromatic heterocycles. The average Bonchev–Trinajstić information content (AvgIpc) is 3.29. The fourth-order valence-electron chi connectivity index (χ4n) is 3.68. The Morgan fingerprint density at radius 2 is 1.82 bits per heavy atom. The van der Waals surface area contributed by atoms with E-state index in [0.717, 1.165) is 22.2 Å². The molecule has 1 heterocycles. The van der Waals surface area contributed by atoms with Crippen LogP contribution in [0.3, 0.4) is 0 Å². The molecule has 0 unspecified atom stereocenters. The number of nitrogens with one attached hydrogen (secondary N) is 2. The van der Waals surface area contributed by atoms with Gasteiger partial charge < -0.3 is 20.3 Å². The predicted molar refractivity (Wildman–Crippen MR) is 128 cm³/mol. The van der Waals surface area contributed by atoms with Gasteiger partial charge in [-0.25, -0.2) is 0 Å². The van der Waals surface area contributed by atoms with E-state index in [1.54, 1.807) is 12.1 Å². The molecule has 33 heavy (non-hydrogen) atoms. The molecule has 4 aromatic rings. The highest BCUT2D eigenvalue weighted by Crippen LogP contribution is 2.32. The Morgan fingerprint density at radius 3 is 2.48 bits per heavy atom. The first kappa shape index (κ1) is 22.3. The largest absolute Gasteiger partial charge is 0.495 e. The molecule has 0 saturated carbocycles. The number of H-pyrrole nitrogens is 1. The molecular weight excluding hydrogens is 418 g/mol. The molecular formula is C26H25N3O4. The number of ether oxygens (including phenoxy) is 1. The van der Waals surface area contributed by atoms with Crippen LogP contribution in [0.2, 0.25) is 0 Å². The van der Waals surface area contributed by atoms with E-state index in [4.69, 9.17) is 4.74 Å². The molecule has 0 fully saturated rings. The minimum atomic E-state index is -0.537. The van der Waals surface area contributed by atoms with Crippen molar-refractivity contribution in [2.75, 3.05) is 13.7 Å². The summed E-state index contributed by atoms with van der Waals surface area (Å²) in [6.45, 7) is -0.230. The number of aromatic amines is 1. The van der Waals surface area contributed by atoms with Crippen LogP contribution < -0.4 is 10.1 Å². The van der Waals surface area contributed by atoms with Crippen LogP contribution in [0, 0.1) is 0 Å². The number of aromatic nitrogens is 2. The summed E-state index contributed by atoms with van der Waals surface area (Å²) in [6, 6.07) is 19.8. The van der Waals surface area contributed by atoms with Gasteiger partial charge in [0.15, 0.2) is 0 Å². The third kappa shape index (κ3) is 4.79. The number of rotatable bonds is 8. The monoisotopic (exact) mass is 443 g/mol. The summed E-state index contributed by atoms with van der Waals surface area (Å²) in [5, 5.41) is 29.9. The van der Waals surface area contributed by atoms with Crippen molar-refractivity contribution in [2.45, 2.75) is 12.6 Å². The van der Waals surface area contributed by atoms with E-state index in [-0.39, 0.29) is 19.1 Å². The lowest BCUT2D eigenvalue weighted by molar-refractivity contribution is 0.0913. The summed E-state index contributed by atoms with van der Waals surface area (Å²) in [6.07, 6.45) is 3.75. The molecule has 168 valence electrons. The summed E-state index contributed by atoms with van der Waals surface area (Å²) in [5.74, 6) is 0.0474. The van der Waals surface area contributed by atoms with Crippen molar-refractivity contribution in [1.82, 2.24) is 15.5 Å². The van der Waals surface area contributed by atoms with Gasteiger partial charge in [0.25, 0.3) is 5.91 Å². The van der Waals surface area contributed by atoms with E-state index < -0.39 is 6.04 Å². The molecule has 0 aliphatic rings. The zero-order valence-electron chi connectivity index (χ0n) is 18.2. The number of hydrogen-bond acceptors (Lipinski definition) is 5. The van der Waals surface area contributed by atoms with Crippen molar-refractivity contribution in [3.8, 4) is 5.75 Å². The van der Waals surface area contributed by atoms with Gasteiger partial charge in [-0.2, -0.15) is 5.10 Å². The quantitative estimate of drug-likeness (QED) is 0.332. The average molecular weight is 444 g/mol. The zero-order chi connectivity index (χ0) is 23.2. The van der Waals surface area contributed by atoms with E-state index in [0.29, 0.717) is 22.4 Å². The van der Waals surface area contributed by atoms with Gasteiger partial charge in [-0.15, -0.1) is 0 Å². The normalized spacial score (nSPS) is 12.2. The molecule has 1 amide bonds. The second kappa shape index (κ2) is 10.1. The standard InChI is InChI=1S/C26H25N3O4/c1-33-25-20(26(32)27-23(16-31)19-5-3-2-4-6-19)12-14-22-24(25)21(28-29-22)13-11-17-7-9-18(15-30)10-8-17/h2-14,23,30-31H,15-16H2,1H3,(H,27,32)(H,28,29)/t23-/m1/s1. The summed E-state index contributed by atoms with van der Waals surface area (Å²) < 4.78 is 5.64.